The minimum Gasteiger partial charge on any atom is -0.308 e. The van der Waals surface area contributed by atoms with Crippen LogP contribution in [0.2, 0.25) is 0 Å². The molecule has 0 fully saturated rings. The summed E-state index contributed by atoms with van der Waals surface area (Å²) in [5.41, 5.74) is 0.283. The highest BCUT2D eigenvalue weighted by Gasteiger charge is 2.15. The van der Waals surface area contributed by atoms with Crippen molar-refractivity contribution in [2.75, 3.05) is 5.43 Å². The first-order valence-electron chi connectivity index (χ1n) is 5.42. The average molecular weight is 278 g/mol. The molecule has 0 unspecified atom stereocenters. The van der Waals surface area contributed by atoms with E-state index >= 15 is 0 Å². The molecule has 0 atom stereocenters. The van der Waals surface area contributed by atoms with E-state index in [-0.39, 0.29) is 6.54 Å². The first-order valence-corrected chi connectivity index (χ1v) is 5.42. The van der Waals surface area contributed by atoms with Crippen LogP contribution in [-0.4, -0.2) is 19.5 Å². The second kappa shape index (κ2) is 5.32. The molecular formula is C10H10N6O4. The fraction of sp³-hybridized carbons (Fsp3) is 0.100. The topological polar surface area (TPSA) is 149 Å². The Morgan fingerprint density at radius 1 is 1.45 bits per heavy atom. The smallest absolute Gasteiger partial charge is 0.308 e. The van der Waals surface area contributed by atoms with Crippen LogP contribution in [0.3, 0.4) is 0 Å². The minimum atomic E-state index is -1.04. The third-order valence-corrected chi connectivity index (χ3v) is 2.48. The van der Waals surface area contributed by atoms with Gasteiger partial charge in [-0.2, -0.15) is 0 Å². The van der Waals surface area contributed by atoms with Gasteiger partial charge in [0.05, 0.1) is 23.4 Å². The maximum atomic E-state index is 11.6. The first-order chi connectivity index (χ1) is 9.51. The Kier molecular flexibility index (Phi) is 3.57. The second-order valence-electron chi connectivity index (χ2n) is 3.82. The van der Waals surface area contributed by atoms with Crippen molar-refractivity contribution in [1.82, 2.24) is 14.5 Å². The van der Waals surface area contributed by atoms with Crippen LogP contribution in [0, 0.1) is 10.1 Å². The van der Waals surface area contributed by atoms with E-state index in [1.165, 1.54) is 0 Å². The zero-order valence-corrected chi connectivity index (χ0v) is 10.1. The molecule has 0 radical (unpaired) electrons. The number of hydrogen-bond acceptors (Lipinski definition) is 7. The van der Waals surface area contributed by atoms with E-state index in [1.54, 1.807) is 18.2 Å². The van der Waals surface area contributed by atoms with E-state index in [2.05, 4.69) is 10.4 Å². The summed E-state index contributed by atoms with van der Waals surface area (Å²) in [6.07, 6.45) is 0.880. The third kappa shape index (κ3) is 2.70. The van der Waals surface area contributed by atoms with Crippen LogP contribution in [0.15, 0.2) is 34.0 Å². The van der Waals surface area contributed by atoms with Gasteiger partial charge in [0, 0.05) is 0 Å². The number of H-pyrrole nitrogens is 1. The van der Waals surface area contributed by atoms with Gasteiger partial charge in [-0.15, -0.1) is 0 Å². The lowest BCUT2D eigenvalue weighted by Gasteiger charge is -2.06. The summed E-state index contributed by atoms with van der Waals surface area (Å²) in [7, 11) is 0. The Morgan fingerprint density at radius 3 is 2.85 bits per heavy atom. The molecule has 2 aromatic heterocycles. The molecule has 0 aliphatic heterocycles. The fourth-order valence-corrected chi connectivity index (χ4v) is 1.57. The lowest BCUT2D eigenvalue weighted by molar-refractivity contribution is -0.386. The molecule has 4 N–H and O–H groups in total. The van der Waals surface area contributed by atoms with Crippen LogP contribution in [0.5, 0.6) is 0 Å². The maximum Gasteiger partial charge on any atom is 0.350 e. The number of rotatable bonds is 4. The monoisotopic (exact) mass is 278 g/mol. The third-order valence-electron chi connectivity index (χ3n) is 2.48. The van der Waals surface area contributed by atoms with Crippen LogP contribution in [0.4, 0.5) is 11.5 Å². The van der Waals surface area contributed by atoms with Crippen molar-refractivity contribution in [3.8, 4) is 0 Å². The molecule has 2 aromatic rings. The van der Waals surface area contributed by atoms with Crippen molar-refractivity contribution in [3.05, 3.63) is 61.0 Å². The average Bonchev–Trinajstić information content (AvgIpc) is 2.41. The molecule has 10 heteroatoms. The van der Waals surface area contributed by atoms with Crippen molar-refractivity contribution in [2.24, 2.45) is 5.84 Å². The van der Waals surface area contributed by atoms with Gasteiger partial charge in [-0.1, -0.05) is 6.07 Å². The van der Waals surface area contributed by atoms with Gasteiger partial charge in [0.2, 0.25) is 0 Å². The van der Waals surface area contributed by atoms with Crippen molar-refractivity contribution < 1.29 is 4.92 Å². The highest BCUT2D eigenvalue weighted by molar-refractivity contribution is 5.33. The van der Waals surface area contributed by atoms with Crippen molar-refractivity contribution in [1.29, 1.82) is 0 Å². The lowest BCUT2D eigenvalue weighted by Crippen LogP contribution is -2.31. The molecule has 10 nitrogen and oxygen atoms in total. The molecule has 20 heavy (non-hydrogen) atoms. The van der Waals surface area contributed by atoms with Crippen LogP contribution < -0.4 is 22.5 Å². The van der Waals surface area contributed by atoms with Crippen LogP contribution in [0.1, 0.15) is 5.69 Å². The summed E-state index contributed by atoms with van der Waals surface area (Å²) in [6, 6.07) is 4.88. The molecule has 0 saturated carbocycles. The number of nitrogens with two attached hydrogens (primary N) is 1. The standard InChI is InChI=1S/C10H10N6O4/c11-14-8-3-1-2-6(12-8)4-15-5-7(16(19)20)9(17)13-10(15)18/h1-3,5H,4,11H2,(H,12,14)(H,13,17,18). The van der Waals surface area contributed by atoms with Crippen LogP contribution >= 0.6 is 0 Å². The number of pyridine rings is 1. The number of nitrogens with one attached hydrogen (secondary N) is 2. The zero-order chi connectivity index (χ0) is 14.7. The van der Waals surface area contributed by atoms with Crippen LogP contribution in [-0.2, 0) is 6.54 Å². The van der Waals surface area contributed by atoms with Crippen molar-refractivity contribution in [3.63, 3.8) is 0 Å². The lowest BCUT2D eigenvalue weighted by atomic mass is 10.3. The molecule has 2 rings (SSSR count). The summed E-state index contributed by atoms with van der Waals surface area (Å²) in [6.45, 7) is -0.0357. The van der Waals surface area contributed by atoms with E-state index in [4.69, 9.17) is 5.84 Å². The van der Waals surface area contributed by atoms with Gasteiger partial charge in [0.25, 0.3) is 0 Å². The molecule has 0 aliphatic carbocycles. The van der Waals surface area contributed by atoms with Gasteiger partial charge in [-0.05, 0) is 12.1 Å². The molecule has 0 saturated heterocycles. The fourth-order valence-electron chi connectivity index (χ4n) is 1.57. The van der Waals surface area contributed by atoms with Gasteiger partial charge in [0.1, 0.15) is 5.82 Å². The molecule has 0 amide bonds. The SMILES string of the molecule is NNc1cccc(Cn2cc([N+](=O)[O-])c(=O)[nH]c2=O)n1. The van der Waals surface area contributed by atoms with Crippen LogP contribution in [0.25, 0.3) is 0 Å². The molecule has 104 valence electrons. The van der Waals surface area contributed by atoms with E-state index in [0.717, 1.165) is 10.8 Å². The second-order valence-corrected chi connectivity index (χ2v) is 3.82. The van der Waals surface area contributed by atoms with E-state index in [0.29, 0.717) is 11.5 Å². The molecule has 0 bridgehead atoms. The minimum absolute atomic E-state index is 0.0357. The predicted molar refractivity (Wildman–Crippen MR) is 69.1 cm³/mol. The molecule has 0 aromatic carbocycles. The Hall–Kier alpha value is -3.01. The normalized spacial score (nSPS) is 10.2. The van der Waals surface area contributed by atoms with E-state index < -0.39 is 21.9 Å². The Bertz CT molecular complexity index is 765. The van der Waals surface area contributed by atoms with Gasteiger partial charge < -0.3 is 5.43 Å². The Labute approximate surface area is 111 Å². The predicted octanol–water partition coefficient (Wildman–Crippen LogP) is -0.826. The zero-order valence-electron chi connectivity index (χ0n) is 10.1. The highest BCUT2D eigenvalue weighted by atomic mass is 16.6. The van der Waals surface area contributed by atoms with E-state index in [9.17, 15) is 19.7 Å². The van der Waals surface area contributed by atoms with E-state index in [1.807, 2.05) is 4.98 Å². The summed E-state index contributed by atoms with van der Waals surface area (Å²) in [5.74, 6) is 5.59. The number of nitrogens with zero attached hydrogens (tertiary/aromatic N) is 3. The van der Waals surface area contributed by atoms with Gasteiger partial charge in [-0.3, -0.25) is 24.5 Å². The number of hydrogen-bond donors (Lipinski definition) is 3. The summed E-state index contributed by atoms with van der Waals surface area (Å²) in [4.78, 5) is 38.6. The number of aromatic amines is 1. The summed E-state index contributed by atoms with van der Waals surface area (Å²) in [5, 5.41) is 10.7. The van der Waals surface area contributed by atoms with Crippen molar-refractivity contribution in [2.45, 2.75) is 6.54 Å². The Balaban J connectivity index is 2.43. The summed E-state index contributed by atoms with van der Waals surface area (Å²) >= 11 is 0. The number of nitrogen functional groups attached to an aromatic ring is 1. The first kappa shape index (κ1) is 13.4. The van der Waals surface area contributed by atoms with Crippen molar-refractivity contribution >= 4 is 11.5 Å². The van der Waals surface area contributed by atoms with Gasteiger partial charge in [-0.25, -0.2) is 15.6 Å². The molecule has 0 aliphatic rings. The Morgan fingerprint density at radius 2 is 2.20 bits per heavy atom. The highest BCUT2D eigenvalue weighted by Crippen LogP contribution is 2.05. The molecular weight excluding hydrogens is 268 g/mol. The summed E-state index contributed by atoms with van der Waals surface area (Å²) < 4.78 is 0.988. The molecule has 0 spiro atoms. The maximum absolute atomic E-state index is 11.6. The quantitative estimate of drug-likeness (QED) is 0.375. The van der Waals surface area contributed by atoms with Gasteiger partial charge in [0.15, 0.2) is 0 Å². The molecule has 2 heterocycles. The number of aromatic nitrogens is 3. The number of nitro groups is 1. The largest absolute Gasteiger partial charge is 0.350 e. The van der Waals surface area contributed by atoms with Gasteiger partial charge >= 0.3 is 16.9 Å². The number of anilines is 1. The number of hydrazine groups is 1.